The lowest BCUT2D eigenvalue weighted by molar-refractivity contribution is 0.0636. The van der Waals surface area contributed by atoms with Crippen LogP contribution < -0.4 is 11.1 Å². The maximum absolute atomic E-state index is 11.7. The summed E-state index contributed by atoms with van der Waals surface area (Å²) in [6, 6.07) is 15.2. The van der Waals surface area contributed by atoms with E-state index in [0.717, 1.165) is 16.8 Å². The van der Waals surface area contributed by atoms with Crippen LogP contribution in [0.15, 0.2) is 48.5 Å². The Balaban J connectivity index is 0.00000242. The van der Waals surface area contributed by atoms with Crippen molar-refractivity contribution in [3.05, 3.63) is 48.5 Å². The number of nitrogen functional groups attached to an aromatic ring is 1. The quantitative estimate of drug-likeness (QED) is 0.774. The average molecular weight is 300 g/mol. The summed E-state index contributed by atoms with van der Waals surface area (Å²) >= 11 is 0. The molecule has 0 heterocycles. The van der Waals surface area contributed by atoms with Gasteiger partial charge in [-0.1, -0.05) is 31.7 Å². The molecule has 2 aromatic rings. The van der Waals surface area contributed by atoms with Gasteiger partial charge in [0.1, 0.15) is 5.60 Å². The summed E-state index contributed by atoms with van der Waals surface area (Å²) in [4.78, 5) is 11.7. The van der Waals surface area contributed by atoms with Crippen LogP contribution in [0.3, 0.4) is 0 Å². The van der Waals surface area contributed by atoms with Gasteiger partial charge < -0.3 is 10.5 Å². The van der Waals surface area contributed by atoms with Crippen LogP contribution >= 0.6 is 0 Å². The molecule has 0 aliphatic heterocycles. The summed E-state index contributed by atoms with van der Waals surface area (Å²) in [6.45, 7) is 5.49. The van der Waals surface area contributed by atoms with E-state index in [1.165, 1.54) is 0 Å². The Morgan fingerprint density at radius 3 is 1.86 bits per heavy atom. The molecule has 118 valence electrons. The van der Waals surface area contributed by atoms with E-state index in [9.17, 15) is 4.79 Å². The van der Waals surface area contributed by atoms with E-state index in [1.807, 2.05) is 69.3 Å². The van der Waals surface area contributed by atoms with Gasteiger partial charge in [0.2, 0.25) is 0 Å². The molecule has 0 fully saturated rings. The number of benzene rings is 2. The first-order chi connectivity index (χ1) is 9.83. The molecule has 2 aromatic carbocycles. The number of nitrogens with two attached hydrogens (primary N) is 1. The van der Waals surface area contributed by atoms with E-state index < -0.39 is 11.7 Å². The van der Waals surface area contributed by atoms with E-state index in [0.29, 0.717) is 5.69 Å². The Morgan fingerprint density at radius 2 is 1.41 bits per heavy atom. The second-order valence-corrected chi connectivity index (χ2v) is 5.83. The average Bonchev–Trinajstić information content (AvgIpc) is 2.38. The molecule has 0 unspecified atom stereocenters. The zero-order chi connectivity index (χ0) is 15.5. The van der Waals surface area contributed by atoms with Crippen LogP contribution in [0.2, 0.25) is 0 Å². The van der Waals surface area contributed by atoms with Crippen LogP contribution in [-0.2, 0) is 4.74 Å². The number of carbonyl (C=O) groups excluding carboxylic acids is 1. The highest BCUT2D eigenvalue weighted by Crippen LogP contribution is 2.22. The van der Waals surface area contributed by atoms with Gasteiger partial charge >= 0.3 is 6.09 Å². The largest absolute Gasteiger partial charge is 0.444 e. The molecular weight excluding hydrogens is 276 g/mol. The minimum Gasteiger partial charge on any atom is -0.444 e. The number of rotatable bonds is 2. The summed E-state index contributed by atoms with van der Waals surface area (Å²) in [5, 5.41) is 2.71. The summed E-state index contributed by atoms with van der Waals surface area (Å²) in [5.41, 5.74) is 8.74. The lowest BCUT2D eigenvalue weighted by Gasteiger charge is -2.19. The molecule has 22 heavy (non-hydrogen) atoms. The third kappa shape index (κ3) is 5.13. The molecule has 0 radical (unpaired) electrons. The van der Waals surface area contributed by atoms with Crippen LogP contribution in [0.1, 0.15) is 28.2 Å². The Labute approximate surface area is 132 Å². The second-order valence-electron chi connectivity index (χ2n) is 5.83. The van der Waals surface area contributed by atoms with Gasteiger partial charge in [-0.3, -0.25) is 5.32 Å². The maximum atomic E-state index is 11.7. The van der Waals surface area contributed by atoms with Crippen molar-refractivity contribution in [2.24, 2.45) is 0 Å². The van der Waals surface area contributed by atoms with E-state index in [4.69, 9.17) is 10.5 Å². The van der Waals surface area contributed by atoms with E-state index in [-0.39, 0.29) is 7.43 Å². The lowest BCUT2D eigenvalue weighted by atomic mass is 10.1. The van der Waals surface area contributed by atoms with Crippen molar-refractivity contribution in [1.29, 1.82) is 0 Å². The molecule has 4 nitrogen and oxygen atoms in total. The molecule has 0 saturated heterocycles. The van der Waals surface area contributed by atoms with Crippen molar-refractivity contribution in [2.75, 3.05) is 11.1 Å². The van der Waals surface area contributed by atoms with Gasteiger partial charge in [0.05, 0.1) is 0 Å². The Hall–Kier alpha value is -2.49. The van der Waals surface area contributed by atoms with Crippen molar-refractivity contribution in [1.82, 2.24) is 0 Å². The van der Waals surface area contributed by atoms with Gasteiger partial charge in [-0.25, -0.2) is 4.79 Å². The summed E-state index contributed by atoms with van der Waals surface area (Å²) < 4.78 is 5.21. The summed E-state index contributed by atoms with van der Waals surface area (Å²) in [7, 11) is 0. The van der Waals surface area contributed by atoms with Crippen molar-refractivity contribution < 1.29 is 9.53 Å². The molecule has 0 bridgehead atoms. The zero-order valence-electron chi connectivity index (χ0n) is 12.5. The molecule has 0 saturated carbocycles. The minimum absolute atomic E-state index is 0. The van der Waals surface area contributed by atoms with Crippen molar-refractivity contribution in [2.45, 2.75) is 33.8 Å². The number of anilines is 2. The minimum atomic E-state index is -0.506. The number of amides is 1. The molecule has 0 aliphatic rings. The predicted molar refractivity (Wildman–Crippen MR) is 92.9 cm³/mol. The third-order valence-corrected chi connectivity index (χ3v) is 2.77. The smallest absolute Gasteiger partial charge is 0.412 e. The summed E-state index contributed by atoms with van der Waals surface area (Å²) in [6.07, 6.45) is -0.456. The standard InChI is InChI=1S/C17H20N2O2.CH4/c1-17(2,3)21-16(20)19-15-10-6-13(7-11-15)12-4-8-14(18)9-5-12;/h4-11H,18H2,1-3H3,(H,19,20);1H4. The Morgan fingerprint density at radius 1 is 0.955 bits per heavy atom. The highest BCUT2D eigenvalue weighted by Gasteiger charge is 2.16. The summed E-state index contributed by atoms with van der Waals surface area (Å²) in [5.74, 6) is 0. The zero-order valence-corrected chi connectivity index (χ0v) is 12.5. The molecule has 1 amide bonds. The number of ether oxygens (including phenoxy) is 1. The first-order valence-corrected chi connectivity index (χ1v) is 6.79. The fraction of sp³-hybridized carbons (Fsp3) is 0.278. The molecule has 0 aromatic heterocycles. The second kappa shape index (κ2) is 6.98. The van der Waals surface area contributed by atoms with Crippen molar-refractivity contribution >= 4 is 17.5 Å². The first kappa shape index (κ1) is 17.6. The Bertz CT molecular complexity index is 611. The fourth-order valence-corrected chi connectivity index (χ4v) is 1.84. The molecule has 0 atom stereocenters. The number of carbonyl (C=O) groups is 1. The lowest BCUT2D eigenvalue weighted by Crippen LogP contribution is -2.27. The van der Waals surface area contributed by atoms with Crippen LogP contribution in [0.5, 0.6) is 0 Å². The molecule has 0 aliphatic carbocycles. The van der Waals surface area contributed by atoms with Gasteiger partial charge in [-0.15, -0.1) is 0 Å². The van der Waals surface area contributed by atoms with E-state index >= 15 is 0 Å². The molecular formula is C18H24N2O2. The molecule has 3 N–H and O–H groups in total. The maximum Gasteiger partial charge on any atom is 0.412 e. The third-order valence-electron chi connectivity index (χ3n) is 2.77. The van der Waals surface area contributed by atoms with Crippen LogP contribution in [0, 0.1) is 0 Å². The number of nitrogens with one attached hydrogen (secondary N) is 1. The van der Waals surface area contributed by atoms with Gasteiger partial charge in [0.15, 0.2) is 0 Å². The fourth-order valence-electron chi connectivity index (χ4n) is 1.84. The predicted octanol–water partition coefficient (Wildman–Crippen LogP) is 4.92. The van der Waals surface area contributed by atoms with Gasteiger partial charge in [0, 0.05) is 11.4 Å². The van der Waals surface area contributed by atoms with E-state index in [1.54, 1.807) is 0 Å². The molecule has 0 spiro atoms. The highest BCUT2D eigenvalue weighted by molar-refractivity contribution is 5.85. The van der Waals surface area contributed by atoms with Crippen LogP contribution in [0.25, 0.3) is 11.1 Å². The normalized spacial score (nSPS) is 10.5. The molecule has 4 heteroatoms. The topological polar surface area (TPSA) is 64.3 Å². The van der Waals surface area contributed by atoms with Crippen molar-refractivity contribution in [3.63, 3.8) is 0 Å². The van der Waals surface area contributed by atoms with Crippen molar-refractivity contribution in [3.8, 4) is 11.1 Å². The van der Waals surface area contributed by atoms with Crippen LogP contribution in [0.4, 0.5) is 16.2 Å². The SMILES string of the molecule is C.CC(C)(C)OC(=O)Nc1ccc(-c2ccc(N)cc2)cc1. The Kier molecular flexibility index (Phi) is 5.57. The monoisotopic (exact) mass is 300 g/mol. The highest BCUT2D eigenvalue weighted by atomic mass is 16.6. The van der Waals surface area contributed by atoms with Gasteiger partial charge in [-0.2, -0.15) is 0 Å². The first-order valence-electron chi connectivity index (χ1n) is 6.79. The molecule has 2 rings (SSSR count). The van der Waals surface area contributed by atoms with Crippen LogP contribution in [-0.4, -0.2) is 11.7 Å². The number of hydrogen-bond acceptors (Lipinski definition) is 3. The van der Waals surface area contributed by atoms with Gasteiger partial charge in [0.25, 0.3) is 0 Å². The van der Waals surface area contributed by atoms with E-state index in [2.05, 4.69) is 5.32 Å². The number of hydrogen-bond donors (Lipinski definition) is 2. The van der Waals surface area contributed by atoms with Gasteiger partial charge in [-0.05, 0) is 56.2 Å².